The molecule has 0 aliphatic heterocycles. The van der Waals surface area contributed by atoms with E-state index in [0.29, 0.717) is 23.7 Å². The molecule has 4 aliphatic carbocycles. The molecule has 1 aromatic carbocycles. The topological polar surface area (TPSA) is 26.3 Å². The summed E-state index contributed by atoms with van der Waals surface area (Å²) in [7, 11) is -2.97. The summed E-state index contributed by atoms with van der Waals surface area (Å²) >= 11 is 7.24. The van der Waals surface area contributed by atoms with Gasteiger partial charge in [-0.25, -0.2) is 0 Å². The van der Waals surface area contributed by atoms with Gasteiger partial charge < -0.3 is 4.43 Å². The largest absolute Gasteiger partial charge is 0.499 e. The Kier molecular flexibility index (Phi) is 4.04. The van der Waals surface area contributed by atoms with Crippen molar-refractivity contribution >= 4 is 29.9 Å². The second-order valence-corrected chi connectivity index (χ2v) is 16.0. The van der Waals surface area contributed by atoms with Gasteiger partial charge in [0.2, 0.25) is 0 Å². The molecule has 1 aromatic rings. The Morgan fingerprint density at radius 3 is 2.39 bits per heavy atom. The van der Waals surface area contributed by atoms with Crippen LogP contribution in [0, 0.1) is 40.9 Å². The minimum atomic E-state index is -2.97. The summed E-state index contributed by atoms with van der Waals surface area (Å²) in [5.74, 6) is 4.06. The van der Waals surface area contributed by atoms with Gasteiger partial charge in [0.25, 0.3) is 5.97 Å². The van der Waals surface area contributed by atoms with Crippen molar-refractivity contribution in [2.24, 2.45) is 40.9 Å². The number of benzene rings is 1. The van der Waals surface area contributed by atoms with E-state index in [9.17, 15) is 4.79 Å². The minimum absolute atomic E-state index is 0.0364. The Morgan fingerprint density at radius 1 is 1.11 bits per heavy atom. The average Bonchev–Trinajstić information content (AvgIpc) is 3.40. The first kappa shape index (κ1) is 18.9. The monoisotopic (exact) mass is 414 g/mol. The van der Waals surface area contributed by atoms with Crippen LogP contribution in [-0.4, -0.2) is 13.6 Å². The molecule has 8 unspecified atom stereocenters. The van der Waals surface area contributed by atoms with Crippen molar-refractivity contribution in [3.63, 3.8) is 0 Å². The van der Waals surface area contributed by atoms with Crippen LogP contribution in [0.4, 0.5) is 0 Å². The van der Waals surface area contributed by atoms with E-state index >= 15 is 0 Å². The number of halogens is 1. The fourth-order valence-electron chi connectivity index (χ4n) is 7.15. The average molecular weight is 415 g/mol. The lowest BCUT2D eigenvalue weighted by atomic mass is 9.63. The molecule has 4 heteroatoms. The highest BCUT2D eigenvalue weighted by Crippen LogP contribution is 2.70. The van der Waals surface area contributed by atoms with Gasteiger partial charge in [0.05, 0.1) is 5.41 Å². The Labute approximate surface area is 174 Å². The molecule has 0 N–H and O–H groups in total. The molecule has 4 bridgehead atoms. The van der Waals surface area contributed by atoms with Gasteiger partial charge in [0, 0.05) is 5.04 Å². The number of rotatable bonds is 3. The van der Waals surface area contributed by atoms with Crippen LogP contribution in [0.25, 0.3) is 0 Å². The predicted molar refractivity (Wildman–Crippen MR) is 116 cm³/mol. The molecule has 3 saturated carbocycles. The molecule has 0 amide bonds. The SMILES string of the molecule is CC1(C(=O)O[Si](Cl)(c2ccccc2)C(C)(C)C)CC2CC1C1C3C=CC(C3)C21. The molecule has 4 aliphatic rings. The van der Waals surface area contributed by atoms with E-state index < -0.39 is 7.63 Å². The van der Waals surface area contributed by atoms with Gasteiger partial charge in [-0.3, -0.25) is 4.79 Å². The summed E-state index contributed by atoms with van der Waals surface area (Å²) in [4.78, 5) is 13.7. The Hall–Kier alpha value is -1.06. The van der Waals surface area contributed by atoms with E-state index in [1.54, 1.807) is 0 Å². The third-order valence-electron chi connectivity index (χ3n) is 8.46. The molecule has 0 saturated heterocycles. The highest BCUT2D eigenvalue weighted by atomic mass is 35.6. The van der Waals surface area contributed by atoms with E-state index in [1.807, 2.05) is 30.3 Å². The molecule has 0 spiro atoms. The molecular formula is C24H31ClO2Si. The van der Waals surface area contributed by atoms with Crippen LogP contribution in [0.5, 0.6) is 0 Å². The molecule has 28 heavy (non-hydrogen) atoms. The molecule has 150 valence electrons. The van der Waals surface area contributed by atoms with E-state index in [0.717, 1.165) is 23.4 Å². The van der Waals surface area contributed by atoms with E-state index in [-0.39, 0.29) is 16.4 Å². The summed E-state index contributed by atoms with van der Waals surface area (Å²) in [6.07, 6.45) is 8.38. The van der Waals surface area contributed by atoms with Crippen molar-refractivity contribution in [3.05, 3.63) is 42.5 Å². The van der Waals surface area contributed by atoms with Gasteiger partial charge in [0.15, 0.2) is 0 Å². The number of fused-ring (bicyclic) bond motifs is 9. The van der Waals surface area contributed by atoms with Gasteiger partial charge in [-0.2, -0.15) is 0 Å². The molecular weight excluding hydrogens is 384 g/mol. The van der Waals surface area contributed by atoms with E-state index in [4.69, 9.17) is 15.5 Å². The van der Waals surface area contributed by atoms with Crippen LogP contribution in [0.15, 0.2) is 42.5 Å². The van der Waals surface area contributed by atoms with Crippen LogP contribution >= 0.6 is 11.1 Å². The quantitative estimate of drug-likeness (QED) is 0.286. The number of allylic oxidation sites excluding steroid dienone is 2. The van der Waals surface area contributed by atoms with Crippen molar-refractivity contribution in [2.45, 2.75) is 52.0 Å². The molecule has 2 nitrogen and oxygen atoms in total. The zero-order chi connectivity index (χ0) is 19.9. The lowest BCUT2D eigenvalue weighted by molar-refractivity contribution is -0.151. The fraction of sp³-hybridized carbons (Fsp3) is 0.625. The number of hydrogen-bond donors (Lipinski definition) is 0. The van der Waals surface area contributed by atoms with Gasteiger partial charge in [0.1, 0.15) is 0 Å². The second-order valence-electron chi connectivity index (χ2n) is 10.9. The summed E-state index contributed by atoms with van der Waals surface area (Å²) in [5.41, 5.74) is -0.378. The Bertz CT molecular complexity index is 831. The summed E-state index contributed by atoms with van der Waals surface area (Å²) < 4.78 is 6.40. The van der Waals surface area contributed by atoms with Gasteiger partial charge in [-0.15, -0.1) is 11.1 Å². The zero-order valence-corrected chi connectivity index (χ0v) is 19.1. The van der Waals surface area contributed by atoms with Crippen LogP contribution in [0.2, 0.25) is 5.04 Å². The van der Waals surface area contributed by atoms with Crippen molar-refractivity contribution in [2.75, 3.05) is 0 Å². The van der Waals surface area contributed by atoms with Crippen LogP contribution in [0.1, 0.15) is 47.0 Å². The lowest BCUT2D eigenvalue weighted by Gasteiger charge is -2.44. The predicted octanol–water partition coefficient (Wildman–Crippen LogP) is 5.40. The van der Waals surface area contributed by atoms with Crippen LogP contribution < -0.4 is 5.19 Å². The third-order valence-corrected chi connectivity index (χ3v) is 14.5. The maximum Gasteiger partial charge on any atom is 0.388 e. The number of hydrogen-bond acceptors (Lipinski definition) is 2. The maximum atomic E-state index is 13.7. The van der Waals surface area contributed by atoms with E-state index in [1.165, 1.54) is 12.8 Å². The number of carbonyl (C=O) groups excluding carboxylic acids is 1. The Morgan fingerprint density at radius 2 is 1.75 bits per heavy atom. The van der Waals surface area contributed by atoms with Crippen molar-refractivity contribution in [3.8, 4) is 0 Å². The first-order chi connectivity index (χ1) is 13.1. The van der Waals surface area contributed by atoms with Crippen molar-refractivity contribution in [1.29, 1.82) is 0 Å². The third kappa shape index (κ3) is 2.41. The zero-order valence-electron chi connectivity index (χ0n) is 17.3. The van der Waals surface area contributed by atoms with Crippen molar-refractivity contribution < 1.29 is 9.22 Å². The fourth-order valence-corrected chi connectivity index (χ4v) is 10.1. The summed E-state index contributed by atoms with van der Waals surface area (Å²) in [6, 6.07) is 10.0. The van der Waals surface area contributed by atoms with Gasteiger partial charge >= 0.3 is 7.63 Å². The van der Waals surface area contributed by atoms with Crippen LogP contribution in [0.3, 0.4) is 0 Å². The molecule has 5 rings (SSSR count). The normalized spacial score (nSPS) is 42.5. The smallest absolute Gasteiger partial charge is 0.388 e. The molecule has 0 radical (unpaired) electrons. The van der Waals surface area contributed by atoms with E-state index in [2.05, 4.69) is 39.8 Å². The first-order valence-electron chi connectivity index (χ1n) is 10.8. The number of carbonyl (C=O) groups is 1. The maximum absolute atomic E-state index is 13.7. The molecule has 0 heterocycles. The molecule has 0 aromatic heterocycles. The van der Waals surface area contributed by atoms with Crippen molar-refractivity contribution in [1.82, 2.24) is 0 Å². The van der Waals surface area contributed by atoms with Gasteiger partial charge in [-0.05, 0) is 66.9 Å². The first-order valence-corrected chi connectivity index (χ1v) is 13.7. The van der Waals surface area contributed by atoms with Gasteiger partial charge in [-0.1, -0.05) is 63.3 Å². The molecule has 8 atom stereocenters. The lowest BCUT2D eigenvalue weighted by Crippen LogP contribution is -2.57. The highest BCUT2D eigenvalue weighted by molar-refractivity contribution is 7.25. The molecule has 3 fully saturated rings. The Balaban J connectivity index is 1.44. The minimum Gasteiger partial charge on any atom is -0.499 e. The summed E-state index contributed by atoms with van der Waals surface area (Å²) in [5, 5.41) is 0.710. The second kappa shape index (κ2) is 5.98. The highest BCUT2D eigenvalue weighted by Gasteiger charge is 2.67. The standard InChI is InChI=1S/C24H31ClO2Si/c1-23(2,3)28(25,18-8-6-5-7-9-18)27-22(26)24(4)14-17-13-19(24)21-16-11-10-15(12-16)20(17)21/h5-11,15-17,19-21H,12-14H2,1-4H3. The van der Waals surface area contributed by atoms with Crippen LogP contribution in [-0.2, 0) is 9.22 Å². The summed E-state index contributed by atoms with van der Waals surface area (Å²) in [6.45, 7) is 8.48.